The van der Waals surface area contributed by atoms with E-state index < -0.39 is 5.97 Å². The molecular weight excluding hydrogens is 354 g/mol. The van der Waals surface area contributed by atoms with Crippen LogP contribution in [0.5, 0.6) is 11.5 Å². The third-order valence-electron chi connectivity index (χ3n) is 3.74. The topological polar surface area (TPSA) is 103 Å². The number of carbonyl (C=O) groups excluding carboxylic acids is 2. The molecule has 1 heterocycles. The highest BCUT2D eigenvalue weighted by Crippen LogP contribution is 2.26. The van der Waals surface area contributed by atoms with Gasteiger partial charge in [-0.2, -0.15) is 0 Å². The van der Waals surface area contributed by atoms with Crippen molar-refractivity contribution in [2.24, 2.45) is 0 Å². The number of hydrogen-bond donors (Lipinski definition) is 1. The predicted molar refractivity (Wildman–Crippen MR) is 97.1 cm³/mol. The number of aromatic nitrogens is 1. The van der Waals surface area contributed by atoms with E-state index in [4.69, 9.17) is 13.9 Å². The van der Waals surface area contributed by atoms with Gasteiger partial charge >= 0.3 is 12.0 Å². The van der Waals surface area contributed by atoms with Crippen LogP contribution in [0.3, 0.4) is 0 Å². The molecule has 0 aliphatic heterocycles. The highest BCUT2D eigenvalue weighted by Gasteiger charge is 2.21. The van der Waals surface area contributed by atoms with Gasteiger partial charge in [0.1, 0.15) is 17.8 Å². The summed E-state index contributed by atoms with van der Waals surface area (Å²) in [5, 5.41) is 2.80. The molecule has 1 aromatic carbocycles. The molecule has 1 N–H and O–H groups in total. The van der Waals surface area contributed by atoms with Gasteiger partial charge < -0.3 is 28.8 Å². The second-order valence-electron chi connectivity index (χ2n) is 5.87. The molecule has 2 rings (SSSR count). The van der Waals surface area contributed by atoms with E-state index in [0.717, 1.165) is 0 Å². The maximum Gasteiger partial charge on any atom is 0.360 e. The van der Waals surface area contributed by atoms with E-state index in [1.807, 2.05) is 13.8 Å². The fraction of sp³-hybridized carbons (Fsp3) is 0.389. The maximum absolute atomic E-state index is 12.7. The van der Waals surface area contributed by atoms with Crippen LogP contribution in [0.1, 0.15) is 30.2 Å². The number of oxazole rings is 1. The Hall–Kier alpha value is -3.23. The van der Waals surface area contributed by atoms with Gasteiger partial charge in [0.25, 0.3) is 0 Å². The van der Waals surface area contributed by atoms with Gasteiger partial charge in [-0.05, 0) is 13.8 Å². The zero-order valence-corrected chi connectivity index (χ0v) is 15.9. The van der Waals surface area contributed by atoms with Gasteiger partial charge in [-0.3, -0.25) is 0 Å². The fourth-order valence-corrected chi connectivity index (χ4v) is 2.29. The van der Waals surface area contributed by atoms with Gasteiger partial charge in [0.15, 0.2) is 5.69 Å². The molecule has 146 valence electrons. The average Bonchev–Trinajstić information content (AvgIpc) is 3.13. The molecule has 9 nitrogen and oxygen atoms in total. The van der Waals surface area contributed by atoms with Crippen molar-refractivity contribution >= 4 is 17.7 Å². The Labute approximate surface area is 157 Å². The lowest BCUT2D eigenvalue weighted by atomic mass is 10.2. The minimum atomic E-state index is -0.603. The van der Waals surface area contributed by atoms with Crippen molar-refractivity contribution in [1.82, 2.24) is 9.88 Å². The highest BCUT2D eigenvalue weighted by atomic mass is 16.5. The van der Waals surface area contributed by atoms with Crippen molar-refractivity contribution in [2.45, 2.75) is 26.4 Å². The summed E-state index contributed by atoms with van der Waals surface area (Å²) in [5.74, 6) is 0.726. The van der Waals surface area contributed by atoms with Crippen molar-refractivity contribution in [3.63, 3.8) is 0 Å². The quantitative estimate of drug-likeness (QED) is 0.740. The SMILES string of the molecule is COC(=O)c1coc(CN(C(=O)Nc2cc(OC)cc(OC)c2)C(C)C)n1. The van der Waals surface area contributed by atoms with Crippen molar-refractivity contribution < 1.29 is 28.2 Å². The van der Waals surface area contributed by atoms with E-state index in [1.54, 1.807) is 18.2 Å². The number of ether oxygens (including phenoxy) is 3. The lowest BCUT2D eigenvalue weighted by molar-refractivity contribution is 0.0594. The lowest BCUT2D eigenvalue weighted by Crippen LogP contribution is -2.39. The number of carbonyl (C=O) groups is 2. The molecule has 0 saturated carbocycles. The Morgan fingerprint density at radius 2 is 1.78 bits per heavy atom. The van der Waals surface area contributed by atoms with E-state index in [1.165, 1.54) is 32.5 Å². The van der Waals surface area contributed by atoms with Crippen LogP contribution in [0.4, 0.5) is 10.5 Å². The zero-order valence-electron chi connectivity index (χ0n) is 15.9. The summed E-state index contributed by atoms with van der Waals surface area (Å²) < 4.78 is 20.3. The molecule has 0 fully saturated rings. The normalized spacial score (nSPS) is 10.4. The van der Waals surface area contributed by atoms with Crippen LogP contribution in [0.25, 0.3) is 0 Å². The van der Waals surface area contributed by atoms with E-state index in [9.17, 15) is 9.59 Å². The van der Waals surface area contributed by atoms with Crippen LogP contribution in [-0.4, -0.2) is 49.3 Å². The van der Waals surface area contributed by atoms with Gasteiger partial charge in [0.2, 0.25) is 5.89 Å². The third-order valence-corrected chi connectivity index (χ3v) is 3.74. The number of rotatable bonds is 7. The first-order valence-electron chi connectivity index (χ1n) is 8.21. The van der Waals surface area contributed by atoms with Crippen LogP contribution >= 0.6 is 0 Å². The van der Waals surface area contributed by atoms with Gasteiger partial charge in [0, 0.05) is 29.9 Å². The molecule has 0 spiro atoms. The molecule has 2 aromatic rings. The number of hydrogen-bond acceptors (Lipinski definition) is 7. The second kappa shape index (κ2) is 8.93. The number of nitrogens with one attached hydrogen (secondary N) is 1. The molecule has 1 aromatic heterocycles. The molecular formula is C18H23N3O6. The summed E-state index contributed by atoms with van der Waals surface area (Å²) in [6, 6.07) is 4.56. The number of esters is 1. The molecule has 0 radical (unpaired) electrons. The number of anilines is 1. The van der Waals surface area contributed by atoms with Crippen molar-refractivity contribution in [2.75, 3.05) is 26.6 Å². The van der Waals surface area contributed by atoms with Crippen LogP contribution in [0.15, 0.2) is 28.9 Å². The molecule has 0 atom stereocenters. The smallest absolute Gasteiger partial charge is 0.360 e. The van der Waals surface area contributed by atoms with Crippen LogP contribution in [0.2, 0.25) is 0 Å². The van der Waals surface area contributed by atoms with Gasteiger partial charge in [-0.15, -0.1) is 0 Å². The molecule has 0 saturated heterocycles. The Morgan fingerprint density at radius 1 is 1.15 bits per heavy atom. The summed E-state index contributed by atoms with van der Waals surface area (Å²) in [7, 11) is 4.32. The monoisotopic (exact) mass is 377 g/mol. The third kappa shape index (κ3) is 5.13. The number of urea groups is 1. The maximum atomic E-state index is 12.7. The largest absolute Gasteiger partial charge is 0.497 e. The van der Waals surface area contributed by atoms with E-state index >= 15 is 0 Å². The van der Waals surface area contributed by atoms with Crippen molar-refractivity contribution in [3.8, 4) is 11.5 Å². The zero-order chi connectivity index (χ0) is 20.0. The predicted octanol–water partition coefficient (Wildman–Crippen LogP) is 2.92. The van der Waals surface area contributed by atoms with Crippen LogP contribution in [-0.2, 0) is 11.3 Å². The molecule has 0 aliphatic rings. The first-order chi connectivity index (χ1) is 12.9. The van der Waals surface area contributed by atoms with Gasteiger partial charge in [-0.25, -0.2) is 14.6 Å². The van der Waals surface area contributed by atoms with Crippen LogP contribution < -0.4 is 14.8 Å². The molecule has 0 bridgehead atoms. The molecule has 0 aliphatic carbocycles. The first kappa shape index (κ1) is 20.1. The Morgan fingerprint density at radius 3 is 2.30 bits per heavy atom. The van der Waals surface area contributed by atoms with Crippen LogP contribution in [0, 0.1) is 0 Å². The summed E-state index contributed by atoms with van der Waals surface area (Å²) in [5.41, 5.74) is 0.568. The molecule has 27 heavy (non-hydrogen) atoms. The fourth-order valence-electron chi connectivity index (χ4n) is 2.29. The second-order valence-corrected chi connectivity index (χ2v) is 5.87. The highest BCUT2D eigenvalue weighted by molar-refractivity contribution is 5.90. The Kier molecular flexibility index (Phi) is 6.64. The summed E-state index contributed by atoms with van der Waals surface area (Å²) in [6.07, 6.45) is 1.20. The Bertz CT molecular complexity index is 780. The summed E-state index contributed by atoms with van der Waals surface area (Å²) in [4.78, 5) is 29.8. The number of nitrogens with zero attached hydrogens (tertiary/aromatic N) is 2. The number of amides is 2. The minimum Gasteiger partial charge on any atom is -0.497 e. The minimum absolute atomic E-state index is 0.0501. The van der Waals surface area contributed by atoms with E-state index in [0.29, 0.717) is 17.2 Å². The lowest BCUT2D eigenvalue weighted by Gasteiger charge is -2.25. The summed E-state index contributed by atoms with van der Waals surface area (Å²) >= 11 is 0. The number of methoxy groups -OCH3 is 3. The first-order valence-corrected chi connectivity index (χ1v) is 8.21. The van der Waals surface area contributed by atoms with E-state index in [-0.39, 0.29) is 30.2 Å². The van der Waals surface area contributed by atoms with Gasteiger partial charge in [-0.1, -0.05) is 0 Å². The standard InChI is InChI=1S/C18H23N3O6/c1-11(2)21(9-16-20-15(10-27-16)17(22)26-5)18(23)19-12-6-13(24-3)8-14(7-12)25-4/h6-8,10-11H,9H2,1-5H3,(H,19,23). The van der Waals surface area contributed by atoms with Crippen molar-refractivity contribution in [3.05, 3.63) is 36.0 Å². The number of benzene rings is 1. The van der Waals surface area contributed by atoms with Gasteiger partial charge in [0.05, 0.1) is 27.9 Å². The molecule has 2 amide bonds. The molecule has 9 heteroatoms. The van der Waals surface area contributed by atoms with E-state index in [2.05, 4.69) is 15.0 Å². The Balaban J connectivity index is 2.15. The average molecular weight is 377 g/mol. The molecule has 0 unspecified atom stereocenters. The van der Waals surface area contributed by atoms with Crippen molar-refractivity contribution in [1.29, 1.82) is 0 Å². The summed E-state index contributed by atoms with van der Waals surface area (Å²) in [6.45, 7) is 3.80.